The van der Waals surface area contributed by atoms with Crippen LogP contribution in [0, 0.1) is 57.2 Å². The largest absolute Gasteiger partial charge is 0.393 e. The van der Waals surface area contributed by atoms with Gasteiger partial charge in [-0.3, -0.25) is 9.59 Å². The molecule has 5 aliphatic rings. The molecule has 5 aliphatic carbocycles. The number of carbonyl (C=O) groups excluding carboxylic acids is 2. The Bertz CT molecular complexity index is 1590. The molecule has 0 unspecified atom stereocenters. The van der Waals surface area contributed by atoms with Crippen molar-refractivity contribution in [1.82, 2.24) is 4.98 Å². The molecule has 9 atom stereocenters. The van der Waals surface area contributed by atoms with Gasteiger partial charge in [-0.25, -0.2) is 4.98 Å². The maximum atomic E-state index is 14.6. The lowest BCUT2D eigenvalue weighted by atomic mass is 9.33. The van der Waals surface area contributed by atoms with Gasteiger partial charge >= 0.3 is 0 Å². The molecule has 6 heteroatoms. The van der Waals surface area contributed by atoms with Gasteiger partial charge in [0.25, 0.3) is 0 Å². The monoisotopic (exact) mass is 616 g/mol. The number of para-hydroxylation sites is 1. The Morgan fingerprint density at radius 2 is 1.70 bits per heavy atom. The number of allylic oxidation sites excluding steroid dienone is 2. The van der Waals surface area contributed by atoms with Crippen LogP contribution in [0.15, 0.2) is 29.8 Å². The summed E-state index contributed by atoms with van der Waals surface area (Å²) in [7, 11) is 0. The van der Waals surface area contributed by atoms with Gasteiger partial charge in [0.1, 0.15) is 0 Å². The van der Waals surface area contributed by atoms with E-state index in [1.807, 2.05) is 6.07 Å². The number of ketones is 1. The average molecular weight is 617 g/mol. The molecular weight excluding hydrogens is 564 g/mol. The van der Waals surface area contributed by atoms with Crippen LogP contribution in [0.2, 0.25) is 0 Å². The molecule has 238 valence electrons. The van der Waals surface area contributed by atoms with E-state index in [0.29, 0.717) is 16.8 Å². The Labute approximate surface area is 267 Å². The molecule has 1 aromatic heterocycles. The first-order valence-electron chi connectivity index (χ1n) is 17.1. The fourth-order valence-electron chi connectivity index (χ4n) is 11.8. The van der Waals surface area contributed by atoms with Crippen LogP contribution in [0.25, 0.3) is 10.2 Å². The van der Waals surface area contributed by atoms with Crippen LogP contribution in [-0.4, -0.2) is 27.9 Å². The first kappa shape index (κ1) is 30.6. The molecule has 1 heterocycles. The summed E-state index contributed by atoms with van der Waals surface area (Å²) in [5.41, 5.74) is 2.48. The molecule has 0 aliphatic heterocycles. The summed E-state index contributed by atoms with van der Waals surface area (Å²) in [6.07, 6.45) is 10.4. The maximum absolute atomic E-state index is 14.6. The van der Waals surface area contributed by atoms with Crippen LogP contribution in [-0.2, 0) is 9.59 Å². The third-order valence-corrected chi connectivity index (χ3v) is 15.9. The highest BCUT2D eigenvalue weighted by atomic mass is 32.1. The Morgan fingerprint density at radius 1 is 0.977 bits per heavy atom. The van der Waals surface area contributed by atoms with Crippen molar-refractivity contribution in [1.29, 1.82) is 0 Å². The Kier molecular flexibility index (Phi) is 6.60. The minimum Gasteiger partial charge on any atom is -0.393 e. The first-order chi connectivity index (χ1) is 20.5. The molecule has 0 bridgehead atoms. The lowest BCUT2D eigenvalue weighted by Gasteiger charge is -2.70. The van der Waals surface area contributed by atoms with E-state index in [4.69, 9.17) is 4.98 Å². The molecule has 1 aromatic carbocycles. The quantitative estimate of drug-likeness (QED) is 0.353. The zero-order valence-corrected chi connectivity index (χ0v) is 28.9. The van der Waals surface area contributed by atoms with Gasteiger partial charge in [0.05, 0.1) is 16.3 Å². The fraction of sp³-hybridized carbons (Fsp3) is 0.711. The number of fused-ring (bicyclic) bond motifs is 8. The van der Waals surface area contributed by atoms with Gasteiger partial charge in [-0.1, -0.05) is 77.5 Å². The second kappa shape index (κ2) is 9.50. The summed E-state index contributed by atoms with van der Waals surface area (Å²) in [5, 5.41) is 14.9. The summed E-state index contributed by atoms with van der Waals surface area (Å²) < 4.78 is 1.10. The van der Waals surface area contributed by atoms with Crippen LogP contribution in [0.1, 0.15) is 112 Å². The lowest BCUT2D eigenvalue weighted by molar-refractivity contribution is -0.202. The van der Waals surface area contributed by atoms with Crippen molar-refractivity contribution in [3.8, 4) is 0 Å². The SMILES string of the molecule is Cc1cccc2sc(NC(=O)[C@@]3(C)CC[C@]4(C)CC[C@]5(C)C(=CC(=O)[C@@H]6[C@@]7(C)CC[C@H](O)C(C)(C)[C@@H]7CC[C@]65C)[C@@H]4C3)nc12. The number of aryl methyl sites for hydroxylation is 1. The van der Waals surface area contributed by atoms with Crippen LogP contribution < -0.4 is 5.32 Å². The van der Waals surface area contributed by atoms with Gasteiger partial charge in [0, 0.05) is 11.3 Å². The molecule has 44 heavy (non-hydrogen) atoms. The average Bonchev–Trinajstić information content (AvgIpc) is 3.37. The fourth-order valence-corrected chi connectivity index (χ4v) is 12.7. The molecule has 2 aromatic rings. The standard InChI is InChI=1S/C38H52N2O3S/c1-22-10-9-11-26-29(22)39-32(44-26)40-31(43)35(5)17-16-34(4)18-19-37(7)23(24(34)21-35)20-25(41)30-36(6)14-13-28(42)33(2,3)27(36)12-15-38(30,37)8/h9-11,20,24,27-28,30,42H,12-19,21H2,1-8H3,(H,39,40,43)/t24-,27-,28-,30+,34+,35-,36-,37+,38+/m0/s1. The molecule has 4 fully saturated rings. The molecule has 0 radical (unpaired) electrons. The highest BCUT2D eigenvalue weighted by molar-refractivity contribution is 7.22. The molecule has 0 saturated heterocycles. The third kappa shape index (κ3) is 3.94. The second-order valence-corrected chi connectivity index (χ2v) is 18.6. The van der Waals surface area contributed by atoms with Crippen molar-refractivity contribution in [2.24, 2.45) is 50.2 Å². The van der Waals surface area contributed by atoms with Crippen LogP contribution in [0.5, 0.6) is 0 Å². The number of rotatable bonds is 2. The molecule has 7 rings (SSSR count). The molecule has 5 nitrogen and oxygen atoms in total. The number of carbonyl (C=O) groups is 2. The lowest BCUT2D eigenvalue weighted by Crippen LogP contribution is -2.66. The van der Waals surface area contributed by atoms with Crippen LogP contribution in [0.4, 0.5) is 5.13 Å². The summed E-state index contributed by atoms with van der Waals surface area (Å²) in [6.45, 7) is 18.4. The number of amides is 1. The zero-order chi connectivity index (χ0) is 31.7. The van der Waals surface area contributed by atoms with Gasteiger partial charge in [-0.05, 0) is 121 Å². The van der Waals surface area contributed by atoms with Crippen molar-refractivity contribution < 1.29 is 14.7 Å². The summed E-state index contributed by atoms with van der Waals surface area (Å²) in [5.74, 6) is 0.886. The molecular formula is C38H52N2O3S. The molecule has 4 saturated carbocycles. The third-order valence-electron chi connectivity index (χ3n) is 14.9. The van der Waals surface area contributed by atoms with Crippen molar-refractivity contribution >= 4 is 38.4 Å². The molecule has 1 amide bonds. The number of nitrogens with zero attached hydrogens (tertiary/aromatic N) is 1. The van der Waals surface area contributed by atoms with E-state index >= 15 is 0 Å². The van der Waals surface area contributed by atoms with E-state index in [9.17, 15) is 14.7 Å². The highest BCUT2D eigenvalue weighted by Gasteiger charge is 2.70. The smallest absolute Gasteiger partial charge is 0.232 e. The van der Waals surface area contributed by atoms with E-state index < -0.39 is 5.41 Å². The zero-order valence-electron chi connectivity index (χ0n) is 28.1. The van der Waals surface area contributed by atoms with E-state index in [-0.39, 0.29) is 50.9 Å². The minimum absolute atomic E-state index is 0.0283. The Hall–Kier alpha value is -2.05. The van der Waals surface area contributed by atoms with Crippen molar-refractivity contribution in [3.63, 3.8) is 0 Å². The maximum Gasteiger partial charge on any atom is 0.232 e. The van der Waals surface area contributed by atoms with Gasteiger partial charge in [0.2, 0.25) is 5.91 Å². The number of anilines is 1. The highest BCUT2D eigenvalue weighted by Crippen LogP contribution is 2.75. The predicted octanol–water partition coefficient (Wildman–Crippen LogP) is 8.88. The second-order valence-electron chi connectivity index (χ2n) is 17.5. The Morgan fingerprint density at radius 3 is 2.43 bits per heavy atom. The van der Waals surface area contributed by atoms with Crippen molar-refractivity contribution in [2.45, 2.75) is 119 Å². The number of aromatic nitrogens is 1. The number of hydrogen-bond acceptors (Lipinski definition) is 5. The Balaban J connectivity index is 1.23. The molecule has 2 N–H and O–H groups in total. The van der Waals surface area contributed by atoms with E-state index in [1.165, 1.54) is 5.57 Å². The predicted molar refractivity (Wildman–Crippen MR) is 178 cm³/mol. The van der Waals surface area contributed by atoms with E-state index in [2.05, 4.69) is 78.9 Å². The minimum atomic E-state index is -0.524. The summed E-state index contributed by atoms with van der Waals surface area (Å²) in [4.78, 5) is 33.4. The number of thiazole rings is 1. The number of benzene rings is 1. The van der Waals surface area contributed by atoms with Crippen LogP contribution in [0.3, 0.4) is 0 Å². The normalized spacial score (nSPS) is 44.6. The van der Waals surface area contributed by atoms with E-state index in [0.717, 1.165) is 73.6 Å². The van der Waals surface area contributed by atoms with Crippen molar-refractivity contribution in [2.75, 3.05) is 5.32 Å². The van der Waals surface area contributed by atoms with Gasteiger partial charge in [-0.15, -0.1) is 0 Å². The van der Waals surface area contributed by atoms with Crippen LogP contribution >= 0.6 is 11.3 Å². The van der Waals surface area contributed by atoms with E-state index in [1.54, 1.807) is 11.3 Å². The first-order valence-corrected chi connectivity index (χ1v) is 17.9. The van der Waals surface area contributed by atoms with Crippen molar-refractivity contribution in [3.05, 3.63) is 35.4 Å². The number of nitrogens with one attached hydrogen (secondary N) is 1. The summed E-state index contributed by atoms with van der Waals surface area (Å²) in [6, 6.07) is 6.17. The van der Waals surface area contributed by atoms with Gasteiger partial charge in [0.15, 0.2) is 10.9 Å². The topological polar surface area (TPSA) is 79.3 Å². The van der Waals surface area contributed by atoms with Gasteiger partial charge in [-0.2, -0.15) is 0 Å². The summed E-state index contributed by atoms with van der Waals surface area (Å²) >= 11 is 1.55. The number of aliphatic hydroxyl groups excluding tert-OH is 1. The number of hydrogen-bond donors (Lipinski definition) is 2. The van der Waals surface area contributed by atoms with Gasteiger partial charge < -0.3 is 10.4 Å². The molecule has 0 spiro atoms. The number of aliphatic hydroxyl groups is 1.